The minimum Gasteiger partial charge on any atom is -0.381 e. The highest BCUT2D eigenvalue weighted by Gasteiger charge is 2.24. The van der Waals surface area contributed by atoms with Gasteiger partial charge >= 0.3 is 0 Å². The Morgan fingerprint density at radius 1 is 1.11 bits per heavy atom. The second kappa shape index (κ2) is 8.13. The molecule has 1 saturated heterocycles. The van der Waals surface area contributed by atoms with Crippen molar-refractivity contribution in [1.82, 2.24) is 5.32 Å². The van der Waals surface area contributed by atoms with Crippen molar-refractivity contribution in [1.29, 1.82) is 0 Å². The number of hydrogen-bond acceptors (Lipinski definition) is 3. The van der Waals surface area contributed by atoms with Crippen LogP contribution in [0.5, 0.6) is 0 Å². The lowest BCUT2D eigenvalue weighted by Gasteiger charge is -2.31. The molecule has 18 heavy (non-hydrogen) atoms. The molecule has 0 aromatic carbocycles. The zero-order valence-corrected chi connectivity index (χ0v) is 11.8. The van der Waals surface area contributed by atoms with Gasteiger partial charge in [0.1, 0.15) is 0 Å². The van der Waals surface area contributed by atoms with Crippen LogP contribution in [-0.4, -0.2) is 38.5 Å². The van der Waals surface area contributed by atoms with Gasteiger partial charge in [-0.25, -0.2) is 0 Å². The van der Waals surface area contributed by atoms with E-state index in [1.165, 1.54) is 32.1 Å². The van der Waals surface area contributed by atoms with Crippen LogP contribution in [0.1, 0.15) is 51.9 Å². The lowest BCUT2D eigenvalue weighted by Crippen LogP contribution is -2.38. The maximum absolute atomic E-state index is 6.08. The number of hydrogen-bond donors (Lipinski definition) is 1. The largest absolute Gasteiger partial charge is 0.381 e. The van der Waals surface area contributed by atoms with Crippen molar-refractivity contribution >= 4 is 0 Å². The molecule has 3 nitrogen and oxygen atoms in total. The maximum Gasteiger partial charge on any atom is 0.0603 e. The third-order valence-corrected chi connectivity index (χ3v) is 4.45. The van der Waals surface area contributed by atoms with Crippen LogP contribution >= 0.6 is 0 Å². The highest BCUT2D eigenvalue weighted by molar-refractivity contribution is 4.75. The van der Waals surface area contributed by atoms with Crippen molar-refractivity contribution in [3.8, 4) is 0 Å². The SMILES string of the molecule is CCC1CCCCC1OCCNC1CCOCC1. The Balaban J connectivity index is 1.56. The van der Waals surface area contributed by atoms with E-state index in [9.17, 15) is 0 Å². The summed E-state index contributed by atoms with van der Waals surface area (Å²) in [5.74, 6) is 0.807. The van der Waals surface area contributed by atoms with Gasteiger partial charge in [-0.1, -0.05) is 26.2 Å². The Kier molecular flexibility index (Phi) is 6.46. The first-order chi connectivity index (χ1) is 8.90. The summed E-state index contributed by atoms with van der Waals surface area (Å²) in [6.07, 6.45) is 9.51. The van der Waals surface area contributed by atoms with E-state index in [0.717, 1.165) is 45.1 Å². The van der Waals surface area contributed by atoms with Crippen molar-refractivity contribution in [3.63, 3.8) is 0 Å². The second-order valence-corrected chi connectivity index (χ2v) is 5.70. The van der Waals surface area contributed by atoms with Crippen molar-refractivity contribution in [2.75, 3.05) is 26.4 Å². The summed E-state index contributed by atoms with van der Waals surface area (Å²) in [7, 11) is 0. The van der Waals surface area contributed by atoms with Crippen LogP contribution in [-0.2, 0) is 9.47 Å². The summed E-state index contributed by atoms with van der Waals surface area (Å²) >= 11 is 0. The van der Waals surface area contributed by atoms with Crippen LogP contribution in [0, 0.1) is 5.92 Å². The second-order valence-electron chi connectivity index (χ2n) is 5.70. The minimum absolute atomic E-state index is 0.528. The van der Waals surface area contributed by atoms with E-state index in [-0.39, 0.29) is 0 Å². The number of nitrogens with one attached hydrogen (secondary N) is 1. The van der Waals surface area contributed by atoms with Gasteiger partial charge in [0.05, 0.1) is 12.7 Å². The first-order valence-corrected chi connectivity index (χ1v) is 7.83. The average Bonchev–Trinajstić information content (AvgIpc) is 2.45. The monoisotopic (exact) mass is 255 g/mol. The van der Waals surface area contributed by atoms with E-state index in [0.29, 0.717) is 12.1 Å². The van der Waals surface area contributed by atoms with Crippen LogP contribution in [0.15, 0.2) is 0 Å². The molecule has 2 fully saturated rings. The molecular formula is C15H29NO2. The standard InChI is InChI=1S/C15H29NO2/c1-2-13-5-3-4-6-15(13)18-12-9-16-14-7-10-17-11-8-14/h13-16H,2-12H2,1H3. The van der Waals surface area contributed by atoms with Crippen molar-refractivity contribution in [3.05, 3.63) is 0 Å². The molecular weight excluding hydrogens is 226 g/mol. The first-order valence-electron chi connectivity index (χ1n) is 7.83. The van der Waals surface area contributed by atoms with Gasteiger partial charge < -0.3 is 14.8 Å². The first kappa shape index (κ1) is 14.3. The molecule has 1 aliphatic carbocycles. The maximum atomic E-state index is 6.08. The van der Waals surface area contributed by atoms with Gasteiger partial charge in [0.2, 0.25) is 0 Å². The Morgan fingerprint density at radius 2 is 1.89 bits per heavy atom. The van der Waals surface area contributed by atoms with E-state index in [4.69, 9.17) is 9.47 Å². The molecule has 0 aromatic heterocycles. The van der Waals surface area contributed by atoms with Crippen molar-refractivity contribution in [2.24, 2.45) is 5.92 Å². The van der Waals surface area contributed by atoms with Gasteiger partial charge in [-0.15, -0.1) is 0 Å². The molecule has 0 radical (unpaired) electrons. The predicted octanol–water partition coefficient (Wildman–Crippen LogP) is 2.74. The Morgan fingerprint density at radius 3 is 2.67 bits per heavy atom. The summed E-state index contributed by atoms with van der Waals surface area (Å²) in [5.41, 5.74) is 0. The van der Waals surface area contributed by atoms with Crippen LogP contribution in [0.2, 0.25) is 0 Å². The van der Waals surface area contributed by atoms with E-state index >= 15 is 0 Å². The summed E-state index contributed by atoms with van der Waals surface area (Å²) in [6.45, 7) is 6.00. The number of rotatable bonds is 6. The predicted molar refractivity (Wildman–Crippen MR) is 73.8 cm³/mol. The molecule has 2 unspecified atom stereocenters. The molecule has 0 aromatic rings. The van der Waals surface area contributed by atoms with Crippen LogP contribution in [0.4, 0.5) is 0 Å². The van der Waals surface area contributed by atoms with Crippen molar-refractivity contribution < 1.29 is 9.47 Å². The van der Waals surface area contributed by atoms with E-state index < -0.39 is 0 Å². The smallest absolute Gasteiger partial charge is 0.0603 e. The zero-order valence-electron chi connectivity index (χ0n) is 11.8. The Labute approximate surface area is 112 Å². The van der Waals surface area contributed by atoms with E-state index in [1.807, 2.05) is 0 Å². The fraction of sp³-hybridized carbons (Fsp3) is 1.00. The lowest BCUT2D eigenvalue weighted by atomic mass is 9.85. The summed E-state index contributed by atoms with van der Waals surface area (Å²) in [6, 6.07) is 0.649. The fourth-order valence-electron chi connectivity index (χ4n) is 3.24. The molecule has 2 rings (SSSR count). The van der Waals surface area contributed by atoms with Gasteiger partial charge in [0.25, 0.3) is 0 Å². The molecule has 0 amide bonds. The van der Waals surface area contributed by atoms with Crippen LogP contribution < -0.4 is 5.32 Å². The van der Waals surface area contributed by atoms with E-state index in [1.54, 1.807) is 0 Å². The molecule has 1 heterocycles. The molecule has 2 atom stereocenters. The quantitative estimate of drug-likeness (QED) is 0.740. The highest BCUT2D eigenvalue weighted by atomic mass is 16.5. The van der Waals surface area contributed by atoms with Gasteiger partial charge in [0.15, 0.2) is 0 Å². The van der Waals surface area contributed by atoms with Gasteiger partial charge in [-0.3, -0.25) is 0 Å². The third-order valence-electron chi connectivity index (χ3n) is 4.45. The molecule has 0 spiro atoms. The Hall–Kier alpha value is -0.120. The summed E-state index contributed by atoms with van der Waals surface area (Å²) in [4.78, 5) is 0. The normalized spacial score (nSPS) is 30.5. The molecule has 2 aliphatic rings. The average molecular weight is 255 g/mol. The number of ether oxygens (including phenoxy) is 2. The summed E-state index contributed by atoms with van der Waals surface area (Å²) in [5, 5.41) is 3.59. The molecule has 1 saturated carbocycles. The van der Waals surface area contributed by atoms with Gasteiger partial charge in [0, 0.05) is 25.8 Å². The zero-order chi connectivity index (χ0) is 12.6. The van der Waals surface area contributed by atoms with Gasteiger partial charge in [-0.2, -0.15) is 0 Å². The highest BCUT2D eigenvalue weighted by Crippen LogP contribution is 2.28. The lowest BCUT2D eigenvalue weighted by molar-refractivity contribution is -0.0123. The third kappa shape index (κ3) is 4.52. The molecule has 1 N–H and O–H groups in total. The fourth-order valence-corrected chi connectivity index (χ4v) is 3.24. The molecule has 0 bridgehead atoms. The van der Waals surface area contributed by atoms with Crippen LogP contribution in [0.3, 0.4) is 0 Å². The summed E-state index contributed by atoms with van der Waals surface area (Å²) < 4.78 is 11.4. The molecule has 1 aliphatic heterocycles. The van der Waals surface area contributed by atoms with Crippen LogP contribution in [0.25, 0.3) is 0 Å². The molecule has 3 heteroatoms. The molecule has 106 valence electrons. The topological polar surface area (TPSA) is 30.5 Å². The van der Waals surface area contributed by atoms with Crippen molar-refractivity contribution in [2.45, 2.75) is 64.0 Å². The Bertz CT molecular complexity index is 217. The minimum atomic E-state index is 0.528. The van der Waals surface area contributed by atoms with E-state index in [2.05, 4.69) is 12.2 Å². The van der Waals surface area contributed by atoms with Gasteiger partial charge in [-0.05, 0) is 31.6 Å².